The maximum Gasteiger partial charge on any atom is 0.324 e. The Labute approximate surface area is 381 Å². The van der Waals surface area contributed by atoms with Crippen LogP contribution in [0.15, 0.2) is 93.4 Å². The molecule has 2 aromatic rings. The number of hydrogen-bond donors (Lipinski definition) is 4. The van der Waals surface area contributed by atoms with Gasteiger partial charge in [0.25, 0.3) is 40.5 Å². The molecule has 0 amide bonds. The van der Waals surface area contributed by atoms with Gasteiger partial charge >= 0.3 is 11.9 Å². The quantitative estimate of drug-likeness (QED) is 0.0854. The second-order valence-corrected chi connectivity index (χ2v) is 23.5. The summed E-state index contributed by atoms with van der Waals surface area (Å²) in [6, 6.07) is 8.10. The van der Waals surface area contributed by atoms with E-state index >= 15 is 0 Å². The first-order chi connectivity index (χ1) is 29.8. The van der Waals surface area contributed by atoms with E-state index < -0.39 is 85.7 Å². The molecule has 1 atom stereocenters. The van der Waals surface area contributed by atoms with Crippen LogP contribution in [-0.4, -0.2) is 107 Å². The van der Waals surface area contributed by atoms with Gasteiger partial charge in [-0.05, 0) is 111 Å². The zero-order valence-corrected chi connectivity index (χ0v) is 40.4. The van der Waals surface area contributed by atoms with Gasteiger partial charge in [-0.1, -0.05) is 52.0 Å². The number of fused-ring (bicyclic) bond motifs is 2. The van der Waals surface area contributed by atoms with Crippen LogP contribution in [-0.2, 0) is 70.4 Å². The molecule has 2 aliphatic heterocycles. The van der Waals surface area contributed by atoms with E-state index in [1.165, 1.54) is 36.4 Å². The van der Waals surface area contributed by atoms with Crippen molar-refractivity contribution >= 4 is 63.8 Å². The molecule has 0 saturated heterocycles. The fourth-order valence-electron chi connectivity index (χ4n) is 8.97. The second-order valence-electron chi connectivity index (χ2n) is 17.5. The molecular weight excluding hydrogens is 929 g/mol. The molecule has 0 radical (unpaired) electrons. The summed E-state index contributed by atoms with van der Waals surface area (Å²) >= 11 is 0. The van der Waals surface area contributed by atoms with E-state index in [2.05, 4.69) is 0 Å². The fourth-order valence-corrected chi connectivity index (χ4v) is 11.0. The van der Waals surface area contributed by atoms with Crippen LogP contribution in [0.4, 0.5) is 11.4 Å². The van der Waals surface area contributed by atoms with E-state index in [1.54, 1.807) is 63.0 Å². The number of esters is 2. The summed E-state index contributed by atoms with van der Waals surface area (Å²) in [7, 11) is -17.9. The molecule has 358 valence electrons. The van der Waals surface area contributed by atoms with Crippen molar-refractivity contribution in [2.24, 2.45) is 5.41 Å². The average Bonchev–Trinajstić information content (AvgIpc) is 3.49. The summed E-state index contributed by atoms with van der Waals surface area (Å²) < 4.78 is 146. The number of carbonyl (C=O) groups is 2. The van der Waals surface area contributed by atoms with Gasteiger partial charge in [0.05, 0.1) is 40.0 Å². The molecule has 0 saturated carbocycles. The molecule has 3 aliphatic rings. The van der Waals surface area contributed by atoms with Crippen molar-refractivity contribution in [1.82, 2.24) is 0 Å². The Kier molecular flexibility index (Phi) is 14.5. The first-order valence-electron chi connectivity index (χ1n) is 20.7. The van der Waals surface area contributed by atoms with E-state index in [1.807, 2.05) is 25.7 Å². The van der Waals surface area contributed by atoms with Gasteiger partial charge in [0.2, 0.25) is 0 Å². The molecular formula is C43H56N2O16S4. The predicted molar refractivity (Wildman–Crippen MR) is 242 cm³/mol. The van der Waals surface area contributed by atoms with E-state index in [9.17, 15) is 61.5 Å². The zero-order valence-electron chi connectivity index (χ0n) is 37.1. The maximum atomic E-state index is 14.0. The Morgan fingerprint density at radius 3 is 1.71 bits per heavy atom. The lowest BCUT2D eigenvalue weighted by molar-refractivity contribution is -0.172. The van der Waals surface area contributed by atoms with Crippen molar-refractivity contribution in [3.05, 3.63) is 94.7 Å². The van der Waals surface area contributed by atoms with Crippen LogP contribution in [0.1, 0.15) is 85.3 Å². The molecule has 1 unspecified atom stereocenters. The molecule has 0 bridgehead atoms. The van der Waals surface area contributed by atoms with E-state index in [4.69, 9.17) is 9.47 Å². The van der Waals surface area contributed by atoms with Crippen molar-refractivity contribution in [2.75, 3.05) is 47.6 Å². The summed E-state index contributed by atoms with van der Waals surface area (Å²) in [5.41, 5.74) is -1.44. The third-order valence-corrected chi connectivity index (χ3v) is 15.9. The van der Waals surface area contributed by atoms with Crippen LogP contribution in [0, 0.1) is 5.41 Å². The zero-order chi connectivity index (χ0) is 48.8. The molecule has 18 nitrogen and oxygen atoms in total. The van der Waals surface area contributed by atoms with Gasteiger partial charge in [-0.3, -0.25) is 27.8 Å². The number of benzene rings is 2. The van der Waals surface area contributed by atoms with Gasteiger partial charge in [-0.2, -0.15) is 33.7 Å². The normalized spacial score (nSPS) is 21.7. The monoisotopic (exact) mass is 984 g/mol. The topological polar surface area (TPSA) is 277 Å². The van der Waals surface area contributed by atoms with Crippen molar-refractivity contribution < 1.29 is 70.9 Å². The number of anilines is 2. The Hall–Kier alpha value is -4.42. The first-order valence-corrected chi connectivity index (χ1v) is 26.8. The Morgan fingerprint density at radius 2 is 1.20 bits per heavy atom. The minimum atomic E-state index is -4.62. The highest BCUT2D eigenvalue weighted by Gasteiger charge is 2.54. The molecule has 0 fully saturated rings. The average molecular weight is 985 g/mol. The lowest BCUT2D eigenvalue weighted by Gasteiger charge is -2.44. The van der Waals surface area contributed by atoms with Gasteiger partial charge in [0.15, 0.2) is 5.41 Å². The summed E-state index contributed by atoms with van der Waals surface area (Å²) in [5.74, 6) is -2.84. The Morgan fingerprint density at radius 1 is 0.692 bits per heavy atom. The van der Waals surface area contributed by atoms with Crippen molar-refractivity contribution in [3.8, 4) is 0 Å². The summed E-state index contributed by atoms with van der Waals surface area (Å²) in [5, 5.41) is 0. The van der Waals surface area contributed by atoms with Gasteiger partial charge in [0, 0.05) is 41.0 Å². The third kappa shape index (κ3) is 10.7. The number of rotatable bonds is 17. The van der Waals surface area contributed by atoms with Gasteiger partial charge < -0.3 is 19.3 Å². The van der Waals surface area contributed by atoms with E-state index in [0.717, 1.165) is 0 Å². The van der Waals surface area contributed by atoms with Gasteiger partial charge in [-0.25, -0.2) is 0 Å². The van der Waals surface area contributed by atoms with Gasteiger partial charge in [0.1, 0.15) is 0 Å². The lowest BCUT2D eigenvalue weighted by atomic mass is 9.69. The van der Waals surface area contributed by atoms with Crippen molar-refractivity contribution in [3.63, 3.8) is 0 Å². The van der Waals surface area contributed by atoms with Crippen LogP contribution >= 0.6 is 0 Å². The molecule has 1 aliphatic carbocycles. The van der Waals surface area contributed by atoms with Crippen LogP contribution in [0.2, 0.25) is 0 Å². The summed E-state index contributed by atoms with van der Waals surface area (Å²) in [6.45, 7) is 12.3. The number of carbonyl (C=O) groups excluding carboxylic acids is 2. The Bertz CT molecular complexity index is 2810. The van der Waals surface area contributed by atoms with Crippen LogP contribution in [0.3, 0.4) is 0 Å². The molecule has 2 aromatic carbocycles. The molecule has 4 N–H and O–H groups in total. The van der Waals surface area contributed by atoms with E-state index in [0.29, 0.717) is 39.3 Å². The molecule has 0 spiro atoms. The van der Waals surface area contributed by atoms with Crippen molar-refractivity contribution in [2.45, 2.75) is 100 Å². The first kappa shape index (κ1) is 51.6. The molecule has 5 rings (SSSR count). The smallest absolute Gasteiger partial charge is 0.324 e. The van der Waals surface area contributed by atoms with Crippen LogP contribution < -0.4 is 9.80 Å². The number of nitrogens with zero attached hydrogens (tertiary/aromatic N) is 2. The van der Waals surface area contributed by atoms with E-state index in [-0.39, 0.29) is 61.8 Å². The highest BCUT2D eigenvalue weighted by atomic mass is 32.2. The number of hydrogen-bond acceptors (Lipinski definition) is 14. The third-order valence-electron chi connectivity index (χ3n) is 12.6. The minimum Gasteiger partial charge on any atom is -0.465 e. The second kappa shape index (κ2) is 18.3. The molecule has 65 heavy (non-hydrogen) atoms. The SMILES string of the molecule is CCOC(=O)C1(C(=O)OCC)CC(/C=C/C2(C)N(CCCS(=O)(=O)O)c3ccc(S(=O)(=O)O)cc3C2(C)C)=CC(=C/C=C2/N(CCCS(=O)(=O)O)c3ccc(S(=O)(=O)O)cc3C2(C)C)/C1. The summed E-state index contributed by atoms with van der Waals surface area (Å²) in [4.78, 5) is 31.0. The van der Waals surface area contributed by atoms with Crippen LogP contribution in [0.5, 0.6) is 0 Å². The highest BCUT2D eigenvalue weighted by molar-refractivity contribution is 7.86. The standard InChI is InChI=1S/C43H56N2O16S4/c1-8-60-38(46)43(39(47)61-9-2)27-29(12-17-37-40(3,4)33-25-31(64(54,55)56)13-15-35(33)44(37)20-10-22-62(48,49)50)24-30(28-43)18-19-42(7)41(5,6)34-26-32(65(57,58)59)14-16-36(34)45(42)21-11-23-63(51,52)53/h12-19,24-26H,8-11,20-23,27-28H2,1-7H3,(H,48,49,50)(H,51,52,53)(H,54,55,56)(H,57,58,59)/b19-18+,29-12-,37-17+. The lowest BCUT2D eigenvalue weighted by Crippen LogP contribution is -2.52. The number of allylic oxidation sites excluding steroid dienone is 7. The fraction of sp³-hybridized carbons (Fsp3) is 0.488. The molecule has 22 heteroatoms. The maximum absolute atomic E-state index is 14.0. The van der Waals surface area contributed by atoms with Gasteiger partial charge in [-0.15, -0.1) is 0 Å². The molecule has 0 aromatic heterocycles. The number of ether oxygens (including phenoxy) is 2. The Balaban J connectivity index is 1.70. The minimum absolute atomic E-state index is 0.0267. The predicted octanol–water partition coefficient (Wildman–Crippen LogP) is 5.59. The molecule has 2 heterocycles. The van der Waals surface area contributed by atoms with Crippen LogP contribution in [0.25, 0.3) is 0 Å². The summed E-state index contributed by atoms with van der Waals surface area (Å²) in [6.07, 6.45) is 8.18. The van der Waals surface area contributed by atoms with Crippen molar-refractivity contribution in [1.29, 1.82) is 0 Å². The largest absolute Gasteiger partial charge is 0.465 e. The highest BCUT2D eigenvalue weighted by Crippen LogP contribution is 2.54.